The maximum absolute atomic E-state index is 11.5. The van der Waals surface area contributed by atoms with Gasteiger partial charge in [-0.25, -0.2) is 0 Å². The topological polar surface area (TPSA) is 58.4 Å². The van der Waals surface area contributed by atoms with E-state index in [9.17, 15) is 4.79 Å². The van der Waals surface area contributed by atoms with Crippen molar-refractivity contribution in [3.05, 3.63) is 0 Å². The van der Waals surface area contributed by atoms with Crippen molar-refractivity contribution in [2.45, 2.75) is 50.7 Å². The summed E-state index contributed by atoms with van der Waals surface area (Å²) in [5, 5.41) is 3.04. The molecular formula is C11H21N3O. The third kappa shape index (κ3) is 2.49. The minimum atomic E-state index is -0.383. The molecule has 15 heavy (non-hydrogen) atoms. The van der Waals surface area contributed by atoms with E-state index in [-0.39, 0.29) is 11.9 Å². The predicted molar refractivity (Wildman–Crippen MR) is 59.4 cm³/mol. The first-order valence-corrected chi connectivity index (χ1v) is 5.97. The summed E-state index contributed by atoms with van der Waals surface area (Å²) in [4.78, 5) is 14.0. The van der Waals surface area contributed by atoms with Crippen LogP contribution >= 0.6 is 0 Å². The highest BCUT2D eigenvalue weighted by Gasteiger charge is 2.32. The molecule has 2 unspecified atom stereocenters. The van der Waals surface area contributed by atoms with Gasteiger partial charge in [-0.2, -0.15) is 0 Å². The summed E-state index contributed by atoms with van der Waals surface area (Å²) in [6, 6.07) is 0.673. The average molecular weight is 211 g/mol. The molecule has 3 atom stereocenters. The van der Waals surface area contributed by atoms with Crippen LogP contribution in [0.4, 0.5) is 0 Å². The number of fused-ring (bicyclic) bond motifs is 1. The summed E-state index contributed by atoms with van der Waals surface area (Å²) in [5.74, 6) is -0.00792. The third-order valence-electron chi connectivity index (χ3n) is 3.58. The second kappa shape index (κ2) is 4.49. The molecule has 2 fully saturated rings. The number of carbonyl (C=O) groups is 1. The zero-order valence-electron chi connectivity index (χ0n) is 9.41. The molecule has 4 heteroatoms. The molecule has 3 N–H and O–H groups in total. The van der Waals surface area contributed by atoms with Gasteiger partial charge in [0.15, 0.2) is 0 Å². The first kappa shape index (κ1) is 10.9. The van der Waals surface area contributed by atoms with E-state index in [1.807, 2.05) is 0 Å². The molecule has 0 aromatic heterocycles. The highest BCUT2D eigenvalue weighted by molar-refractivity contribution is 5.81. The van der Waals surface area contributed by atoms with E-state index in [4.69, 9.17) is 5.73 Å². The Balaban J connectivity index is 1.82. The van der Waals surface area contributed by atoms with E-state index in [0.717, 1.165) is 19.4 Å². The number of hydrogen-bond acceptors (Lipinski definition) is 3. The van der Waals surface area contributed by atoms with Gasteiger partial charge in [0.25, 0.3) is 0 Å². The van der Waals surface area contributed by atoms with Crippen molar-refractivity contribution >= 4 is 5.91 Å². The minimum absolute atomic E-state index is 0.00792. The van der Waals surface area contributed by atoms with Crippen LogP contribution in [0.1, 0.15) is 32.6 Å². The van der Waals surface area contributed by atoms with E-state index < -0.39 is 0 Å². The Hall–Kier alpha value is -0.610. The van der Waals surface area contributed by atoms with Crippen molar-refractivity contribution in [3.8, 4) is 0 Å². The van der Waals surface area contributed by atoms with Crippen LogP contribution in [0.5, 0.6) is 0 Å². The summed E-state index contributed by atoms with van der Waals surface area (Å²) >= 11 is 0. The van der Waals surface area contributed by atoms with Crippen molar-refractivity contribution in [2.75, 3.05) is 13.1 Å². The second-order valence-corrected chi connectivity index (χ2v) is 4.85. The van der Waals surface area contributed by atoms with Gasteiger partial charge in [0.05, 0.1) is 6.04 Å². The molecule has 1 amide bonds. The summed E-state index contributed by atoms with van der Waals surface area (Å²) in [6.45, 7) is 4.12. The Morgan fingerprint density at radius 3 is 3.00 bits per heavy atom. The Labute approximate surface area is 91.2 Å². The highest BCUT2D eigenvalue weighted by Crippen LogP contribution is 2.26. The van der Waals surface area contributed by atoms with Gasteiger partial charge in [-0.3, -0.25) is 4.79 Å². The Morgan fingerprint density at radius 2 is 2.27 bits per heavy atom. The SMILES string of the molecule is C[C@H](N)C(=O)NC1CCN2CCCC2C1. The van der Waals surface area contributed by atoms with Crippen LogP contribution in [-0.4, -0.2) is 42.0 Å². The quantitative estimate of drug-likeness (QED) is 0.680. The van der Waals surface area contributed by atoms with Gasteiger partial charge in [-0.15, -0.1) is 0 Å². The van der Waals surface area contributed by atoms with Gasteiger partial charge in [0.1, 0.15) is 0 Å². The Morgan fingerprint density at radius 1 is 1.47 bits per heavy atom. The van der Waals surface area contributed by atoms with Crippen LogP contribution in [-0.2, 0) is 4.79 Å². The Bertz CT molecular complexity index is 242. The van der Waals surface area contributed by atoms with Gasteiger partial charge in [0, 0.05) is 18.6 Å². The molecule has 0 aromatic carbocycles. The normalized spacial score (nSPS) is 33.5. The number of hydrogen-bond donors (Lipinski definition) is 2. The van der Waals surface area contributed by atoms with E-state index in [1.165, 1.54) is 19.4 Å². The first-order valence-electron chi connectivity index (χ1n) is 5.97. The number of rotatable bonds is 2. The van der Waals surface area contributed by atoms with E-state index in [0.29, 0.717) is 12.1 Å². The third-order valence-corrected chi connectivity index (χ3v) is 3.58. The number of nitrogens with zero attached hydrogens (tertiary/aromatic N) is 1. The molecule has 0 bridgehead atoms. The van der Waals surface area contributed by atoms with E-state index in [2.05, 4.69) is 10.2 Å². The lowest BCUT2D eigenvalue weighted by atomic mass is 9.97. The maximum Gasteiger partial charge on any atom is 0.236 e. The molecule has 0 radical (unpaired) electrons. The van der Waals surface area contributed by atoms with Gasteiger partial charge in [-0.05, 0) is 39.2 Å². The first-order chi connectivity index (χ1) is 7.16. The second-order valence-electron chi connectivity index (χ2n) is 4.85. The van der Waals surface area contributed by atoms with E-state index >= 15 is 0 Å². The molecule has 2 aliphatic heterocycles. The number of nitrogens with one attached hydrogen (secondary N) is 1. The highest BCUT2D eigenvalue weighted by atomic mass is 16.2. The summed E-state index contributed by atoms with van der Waals surface area (Å²) in [6.07, 6.45) is 4.80. The summed E-state index contributed by atoms with van der Waals surface area (Å²) in [7, 11) is 0. The molecule has 86 valence electrons. The predicted octanol–water partition coefficient (Wildman–Crippen LogP) is 0.0766. The van der Waals surface area contributed by atoms with Crippen molar-refractivity contribution in [2.24, 2.45) is 5.73 Å². The molecule has 0 aromatic rings. The zero-order valence-corrected chi connectivity index (χ0v) is 9.41. The van der Waals surface area contributed by atoms with Crippen molar-refractivity contribution in [3.63, 3.8) is 0 Å². The monoisotopic (exact) mass is 211 g/mol. The number of carbonyl (C=O) groups excluding carboxylic acids is 1. The molecule has 2 rings (SSSR count). The fraction of sp³-hybridized carbons (Fsp3) is 0.909. The molecular weight excluding hydrogens is 190 g/mol. The van der Waals surface area contributed by atoms with Crippen molar-refractivity contribution in [1.82, 2.24) is 10.2 Å². The van der Waals surface area contributed by atoms with Gasteiger partial charge in [0.2, 0.25) is 5.91 Å². The fourth-order valence-electron chi connectivity index (χ4n) is 2.69. The van der Waals surface area contributed by atoms with Crippen LogP contribution < -0.4 is 11.1 Å². The lowest BCUT2D eigenvalue weighted by Gasteiger charge is -2.35. The van der Waals surface area contributed by atoms with Crippen molar-refractivity contribution < 1.29 is 4.79 Å². The lowest BCUT2D eigenvalue weighted by Crippen LogP contribution is -2.50. The number of piperidine rings is 1. The molecule has 2 heterocycles. The number of amides is 1. The van der Waals surface area contributed by atoms with Crippen LogP contribution in [0.15, 0.2) is 0 Å². The molecule has 0 spiro atoms. The minimum Gasteiger partial charge on any atom is -0.352 e. The van der Waals surface area contributed by atoms with Gasteiger partial charge >= 0.3 is 0 Å². The van der Waals surface area contributed by atoms with Crippen LogP contribution in [0.25, 0.3) is 0 Å². The van der Waals surface area contributed by atoms with Gasteiger partial charge in [-0.1, -0.05) is 0 Å². The molecule has 4 nitrogen and oxygen atoms in total. The van der Waals surface area contributed by atoms with Gasteiger partial charge < -0.3 is 16.0 Å². The Kier molecular flexibility index (Phi) is 3.26. The van der Waals surface area contributed by atoms with Crippen LogP contribution in [0.3, 0.4) is 0 Å². The zero-order chi connectivity index (χ0) is 10.8. The van der Waals surface area contributed by atoms with Crippen molar-refractivity contribution in [1.29, 1.82) is 0 Å². The maximum atomic E-state index is 11.5. The smallest absolute Gasteiger partial charge is 0.236 e. The largest absolute Gasteiger partial charge is 0.352 e. The molecule has 2 aliphatic rings. The molecule has 0 saturated carbocycles. The summed E-state index contributed by atoms with van der Waals surface area (Å²) in [5.41, 5.74) is 5.54. The molecule has 2 saturated heterocycles. The van der Waals surface area contributed by atoms with Crippen LogP contribution in [0, 0.1) is 0 Å². The van der Waals surface area contributed by atoms with E-state index in [1.54, 1.807) is 6.92 Å². The summed E-state index contributed by atoms with van der Waals surface area (Å²) < 4.78 is 0. The fourth-order valence-corrected chi connectivity index (χ4v) is 2.69. The average Bonchev–Trinajstić information content (AvgIpc) is 2.64. The lowest BCUT2D eigenvalue weighted by molar-refractivity contribution is -0.123. The van der Waals surface area contributed by atoms with Crippen LogP contribution in [0.2, 0.25) is 0 Å². The number of nitrogens with two attached hydrogens (primary N) is 1. The molecule has 0 aliphatic carbocycles. The standard InChI is InChI=1S/C11H21N3O/c1-8(12)11(15)13-9-4-6-14-5-2-3-10(14)7-9/h8-10H,2-7,12H2,1H3,(H,13,15)/t8-,9?,10?/m0/s1.